The van der Waals surface area contributed by atoms with E-state index in [0.717, 1.165) is 15.8 Å². The maximum atomic E-state index is 9.64. The molecule has 2 aromatic rings. The Morgan fingerprint density at radius 2 is 2.12 bits per heavy atom. The second kappa shape index (κ2) is 3.75. The van der Waals surface area contributed by atoms with Crippen molar-refractivity contribution < 1.29 is 9.84 Å². The smallest absolute Gasteiger partial charge is 0.123 e. The van der Waals surface area contributed by atoms with Crippen LogP contribution in [0.5, 0.6) is 5.75 Å². The first-order valence-corrected chi connectivity index (χ1v) is 6.05. The molecular weight excluding hydrogens is 268 g/mol. The van der Waals surface area contributed by atoms with E-state index in [0.29, 0.717) is 13.0 Å². The van der Waals surface area contributed by atoms with Crippen molar-refractivity contribution in [2.24, 2.45) is 0 Å². The quantitative estimate of drug-likeness (QED) is 0.803. The van der Waals surface area contributed by atoms with E-state index < -0.39 is 0 Å². The Morgan fingerprint density at radius 1 is 1.25 bits per heavy atom. The number of halogens is 1. The zero-order chi connectivity index (χ0) is 11.1. The Bertz CT molecular complexity index is 551. The van der Waals surface area contributed by atoms with Crippen LogP contribution in [-0.2, 0) is 6.42 Å². The first-order valence-electron chi connectivity index (χ1n) is 5.26. The molecule has 1 aliphatic rings. The summed E-state index contributed by atoms with van der Waals surface area (Å²) in [7, 11) is 0. The standard InChI is InChI=1S/C13H11BrO2/c14-9-2-3-11-8(5-9)1-4-13-12(11)6-10(15)7-16-13/h1-5,10,15H,6-7H2. The third-order valence-corrected chi connectivity index (χ3v) is 3.41. The highest BCUT2D eigenvalue weighted by Gasteiger charge is 2.19. The fourth-order valence-electron chi connectivity index (χ4n) is 2.17. The van der Waals surface area contributed by atoms with Gasteiger partial charge in [-0.15, -0.1) is 0 Å². The van der Waals surface area contributed by atoms with E-state index in [2.05, 4.69) is 34.1 Å². The summed E-state index contributed by atoms with van der Waals surface area (Å²) in [6.45, 7) is 0.398. The Balaban J connectivity index is 2.26. The summed E-state index contributed by atoms with van der Waals surface area (Å²) in [6, 6.07) is 10.2. The van der Waals surface area contributed by atoms with Crippen LogP contribution in [0, 0.1) is 0 Å². The molecule has 0 saturated heterocycles. The SMILES string of the molecule is OC1COc2ccc3cc(Br)ccc3c2C1. The lowest BCUT2D eigenvalue weighted by Gasteiger charge is -2.23. The molecule has 1 unspecified atom stereocenters. The number of ether oxygens (including phenoxy) is 1. The summed E-state index contributed by atoms with van der Waals surface area (Å²) >= 11 is 3.46. The van der Waals surface area contributed by atoms with Crippen LogP contribution in [-0.4, -0.2) is 17.8 Å². The van der Waals surface area contributed by atoms with Crippen molar-refractivity contribution in [2.45, 2.75) is 12.5 Å². The molecule has 0 radical (unpaired) electrons. The van der Waals surface area contributed by atoms with Gasteiger partial charge in [-0.3, -0.25) is 0 Å². The molecule has 0 fully saturated rings. The van der Waals surface area contributed by atoms with Gasteiger partial charge < -0.3 is 9.84 Å². The number of benzene rings is 2. The second-order valence-electron chi connectivity index (χ2n) is 4.08. The van der Waals surface area contributed by atoms with Crippen molar-refractivity contribution in [2.75, 3.05) is 6.61 Å². The lowest BCUT2D eigenvalue weighted by molar-refractivity contribution is 0.0928. The molecule has 3 rings (SSSR count). The van der Waals surface area contributed by atoms with Crippen LogP contribution in [0.15, 0.2) is 34.8 Å². The number of hydrogen-bond donors (Lipinski definition) is 1. The van der Waals surface area contributed by atoms with Crippen LogP contribution in [0.2, 0.25) is 0 Å². The highest BCUT2D eigenvalue weighted by Crippen LogP contribution is 2.33. The monoisotopic (exact) mass is 278 g/mol. The van der Waals surface area contributed by atoms with Gasteiger partial charge in [-0.25, -0.2) is 0 Å². The van der Waals surface area contributed by atoms with Crippen molar-refractivity contribution >= 4 is 26.7 Å². The van der Waals surface area contributed by atoms with Gasteiger partial charge in [0.25, 0.3) is 0 Å². The van der Waals surface area contributed by atoms with E-state index in [-0.39, 0.29) is 6.10 Å². The van der Waals surface area contributed by atoms with E-state index in [1.165, 1.54) is 10.8 Å². The highest BCUT2D eigenvalue weighted by atomic mass is 79.9. The van der Waals surface area contributed by atoms with E-state index >= 15 is 0 Å². The molecule has 0 aromatic heterocycles. The molecule has 1 atom stereocenters. The minimum absolute atomic E-state index is 0.387. The number of rotatable bonds is 0. The van der Waals surface area contributed by atoms with Crippen LogP contribution in [0.4, 0.5) is 0 Å². The summed E-state index contributed by atoms with van der Waals surface area (Å²) in [6.07, 6.45) is 0.288. The molecule has 1 aliphatic heterocycles. The van der Waals surface area contributed by atoms with E-state index in [1.807, 2.05) is 12.1 Å². The maximum absolute atomic E-state index is 9.64. The molecule has 0 amide bonds. The van der Waals surface area contributed by atoms with Gasteiger partial charge >= 0.3 is 0 Å². The third-order valence-electron chi connectivity index (χ3n) is 2.92. The highest BCUT2D eigenvalue weighted by molar-refractivity contribution is 9.10. The molecule has 0 aliphatic carbocycles. The Kier molecular flexibility index (Phi) is 2.37. The van der Waals surface area contributed by atoms with Crippen molar-refractivity contribution in [3.8, 4) is 5.75 Å². The summed E-state index contributed by atoms with van der Waals surface area (Å²) < 4.78 is 6.58. The third kappa shape index (κ3) is 1.60. The number of hydrogen-bond acceptors (Lipinski definition) is 2. The maximum Gasteiger partial charge on any atom is 0.123 e. The zero-order valence-electron chi connectivity index (χ0n) is 8.61. The van der Waals surface area contributed by atoms with Gasteiger partial charge in [-0.05, 0) is 29.0 Å². The van der Waals surface area contributed by atoms with Crippen molar-refractivity contribution in [1.82, 2.24) is 0 Å². The zero-order valence-corrected chi connectivity index (χ0v) is 10.2. The molecule has 2 aromatic carbocycles. The second-order valence-corrected chi connectivity index (χ2v) is 4.99. The lowest BCUT2D eigenvalue weighted by atomic mass is 9.97. The first-order chi connectivity index (χ1) is 7.74. The molecule has 3 heteroatoms. The van der Waals surface area contributed by atoms with E-state index in [1.54, 1.807) is 0 Å². The minimum Gasteiger partial charge on any atom is -0.491 e. The first kappa shape index (κ1) is 10.1. The Hall–Kier alpha value is -1.06. The topological polar surface area (TPSA) is 29.5 Å². The fraction of sp³-hybridized carbons (Fsp3) is 0.231. The lowest BCUT2D eigenvalue weighted by Crippen LogP contribution is -2.25. The van der Waals surface area contributed by atoms with Crippen molar-refractivity contribution in [3.05, 3.63) is 40.4 Å². The van der Waals surface area contributed by atoms with Crippen LogP contribution in [0.25, 0.3) is 10.8 Å². The summed E-state index contributed by atoms with van der Waals surface area (Å²) in [5, 5.41) is 12.0. The van der Waals surface area contributed by atoms with Gasteiger partial charge in [0.1, 0.15) is 12.4 Å². The molecule has 0 spiro atoms. The van der Waals surface area contributed by atoms with Crippen LogP contribution >= 0.6 is 15.9 Å². The number of aliphatic hydroxyl groups is 1. The number of fused-ring (bicyclic) bond motifs is 3. The Morgan fingerprint density at radius 3 is 3.00 bits per heavy atom. The fourth-order valence-corrected chi connectivity index (χ4v) is 2.55. The average molecular weight is 279 g/mol. The van der Waals surface area contributed by atoms with Crippen LogP contribution in [0.3, 0.4) is 0 Å². The van der Waals surface area contributed by atoms with Gasteiger partial charge in [0.15, 0.2) is 0 Å². The van der Waals surface area contributed by atoms with Gasteiger partial charge in [0.2, 0.25) is 0 Å². The number of aliphatic hydroxyl groups excluding tert-OH is 1. The van der Waals surface area contributed by atoms with Gasteiger partial charge in [-0.1, -0.05) is 28.1 Å². The summed E-state index contributed by atoms with van der Waals surface area (Å²) in [5.41, 5.74) is 1.11. The summed E-state index contributed by atoms with van der Waals surface area (Å²) in [4.78, 5) is 0. The largest absolute Gasteiger partial charge is 0.491 e. The molecule has 0 bridgehead atoms. The predicted octanol–water partition coefficient (Wildman–Crippen LogP) is 2.90. The normalized spacial score (nSPS) is 19.2. The van der Waals surface area contributed by atoms with E-state index in [9.17, 15) is 5.11 Å². The van der Waals surface area contributed by atoms with Gasteiger partial charge in [0, 0.05) is 16.5 Å². The minimum atomic E-state index is -0.387. The molecule has 16 heavy (non-hydrogen) atoms. The summed E-state index contributed by atoms with van der Waals surface area (Å²) in [5.74, 6) is 0.903. The Labute approximate surface area is 102 Å². The van der Waals surface area contributed by atoms with Crippen LogP contribution in [0.1, 0.15) is 5.56 Å². The van der Waals surface area contributed by atoms with E-state index in [4.69, 9.17) is 4.74 Å². The molecule has 0 saturated carbocycles. The van der Waals surface area contributed by atoms with Gasteiger partial charge in [-0.2, -0.15) is 0 Å². The van der Waals surface area contributed by atoms with Crippen molar-refractivity contribution in [1.29, 1.82) is 0 Å². The molecule has 1 N–H and O–H groups in total. The molecule has 82 valence electrons. The molecule has 2 nitrogen and oxygen atoms in total. The molecule has 1 heterocycles. The average Bonchev–Trinajstić information content (AvgIpc) is 2.28. The van der Waals surface area contributed by atoms with Gasteiger partial charge in [0.05, 0.1) is 6.10 Å². The molecular formula is C13H11BrO2. The van der Waals surface area contributed by atoms with Crippen LogP contribution < -0.4 is 4.74 Å². The van der Waals surface area contributed by atoms with Crippen molar-refractivity contribution in [3.63, 3.8) is 0 Å². The predicted molar refractivity (Wildman–Crippen MR) is 66.9 cm³/mol.